The second-order valence-corrected chi connectivity index (χ2v) is 2.68. The highest BCUT2D eigenvalue weighted by molar-refractivity contribution is 9.10. The van der Waals surface area contributed by atoms with E-state index < -0.39 is 10.8 Å². The number of rotatable bonds is 3. The highest BCUT2D eigenvalue weighted by atomic mass is 79.9. The van der Waals surface area contributed by atoms with Crippen LogP contribution in [0.5, 0.6) is 0 Å². The van der Waals surface area contributed by atoms with Gasteiger partial charge in [0.2, 0.25) is 0 Å². The van der Waals surface area contributed by atoms with E-state index in [1.807, 2.05) is 6.92 Å². The van der Waals surface area contributed by atoms with E-state index in [1.54, 1.807) is 0 Å². The molecule has 0 heterocycles. The Labute approximate surface area is 57.0 Å². The summed E-state index contributed by atoms with van der Waals surface area (Å²) >= 11 is 2.94. The van der Waals surface area contributed by atoms with Crippen molar-refractivity contribution in [2.75, 3.05) is 0 Å². The SMILES string of the molecule is CCCC(Br)C([O])=O. The molecule has 0 aliphatic rings. The lowest BCUT2D eigenvalue weighted by molar-refractivity contribution is -0.142. The van der Waals surface area contributed by atoms with Crippen molar-refractivity contribution in [2.45, 2.75) is 24.6 Å². The van der Waals surface area contributed by atoms with Gasteiger partial charge in [0.15, 0.2) is 0 Å². The first-order valence-electron chi connectivity index (χ1n) is 2.53. The van der Waals surface area contributed by atoms with Gasteiger partial charge in [-0.25, -0.2) is 9.90 Å². The topological polar surface area (TPSA) is 37.0 Å². The third-order valence-electron chi connectivity index (χ3n) is 0.798. The molecule has 8 heavy (non-hydrogen) atoms. The molecule has 0 aromatic carbocycles. The summed E-state index contributed by atoms with van der Waals surface area (Å²) in [5.41, 5.74) is 0. The lowest BCUT2D eigenvalue weighted by Gasteiger charge is -1.95. The largest absolute Gasteiger partial charge is 0.369 e. The molecule has 0 amide bonds. The lowest BCUT2D eigenvalue weighted by atomic mass is 10.2. The minimum absolute atomic E-state index is 0.465. The third-order valence-corrected chi connectivity index (χ3v) is 1.63. The van der Waals surface area contributed by atoms with Crippen LogP contribution in [0.4, 0.5) is 0 Å². The molecule has 1 unspecified atom stereocenters. The Morgan fingerprint density at radius 3 is 2.38 bits per heavy atom. The summed E-state index contributed by atoms with van der Waals surface area (Å²) in [4.78, 5) is 9.47. The van der Waals surface area contributed by atoms with E-state index in [0.717, 1.165) is 6.42 Å². The quantitative estimate of drug-likeness (QED) is 0.606. The zero-order chi connectivity index (χ0) is 6.57. The van der Waals surface area contributed by atoms with E-state index in [0.29, 0.717) is 6.42 Å². The average molecular weight is 180 g/mol. The van der Waals surface area contributed by atoms with Gasteiger partial charge >= 0.3 is 5.97 Å². The molecule has 0 saturated heterocycles. The fourth-order valence-electron chi connectivity index (χ4n) is 0.371. The van der Waals surface area contributed by atoms with Crippen molar-refractivity contribution in [2.24, 2.45) is 0 Å². The average Bonchev–Trinajstić information content (AvgIpc) is 1.67. The van der Waals surface area contributed by atoms with Crippen molar-refractivity contribution in [1.82, 2.24) is 0 Å². The smallest absolute Gasteiger partial charge is 0.246 e. The zero-order valence-electron chi connectivity index (χ0n) is 4.69. The second-order valence-electron chi connectivity index (χ2n) is 1.58. The van der Waals surface area contributed by atoms with Crippen LogP contribution in [-0.2, 0) is 9.90 Å². The molecule has 0 aromatic heterocycles. The van der Waals surface area contributed by atoms with Crippen molar-refractivity contribution in [1.29, 1.82) is 0 Å². The van der Waals surface area contributed by atoms with Crippen molar-refractivity contribution in [3.05, 3.63) is 0 Å². The number of halogens is 1. The summed E-state index contributed by atoms with van der Waals surface area (Å²) < 4.78 is 0. The molecule has 1 radical (unpaired) electrons. The van der Waals surface area contributed by atoms with Gasteiger partial charge in [-0.3, -0.25) is 0 Å². The molecule has 47 valence electrons. The molecule has 1 atom stereocenters. The summed E-state index contributed by atoms with van der Waals surface area (Å²) in [5.74, 6) is -1.02. The molecule has 0 rings (SSSR count). The second kappa shape index (κ2) is 3.89. The highest BCUT2D eigenvalue weighted by Crippen LogP contribution is 2.06. The summed E-state index contributed by atoms with van der Waals surface area (Å²) in [6, 6.07) is 0. The Balaban J connectivity index is 3.32. The monoisotopic (exact) mass is 179 g/mol. The van der Waals surface area contributed by atoms with Gasteiger partial charge in [0.25, 0.3) is 0 Å². The predicted molar refractivity (Wildman–Crippen MR) is 33.3 cm³/mol. The number of alkyl halides is 1. The molecule has 0 saturated carbocycles. The molecule has 0 bridgehead atoms. The van der Waals surface area contributed by atoms with Crippen LogP contribution in [-0.4, -0.2) is 10.8 Å². The van der Waals surface area contributed by atoms with E-state index in [4.69, 9.17) is 0 Å². The van der Waals surface area contributed by atoms with E-state index in [9.17, 15) is 9.90 Å². The summed E-state index contributed by atoms with van der Waals surface area (Å²) in [7, 11) is 0. The van der Waals surface area contributed by atoms with Gasteiger partial charge < -0.3 is 0 Å². The van der Waals surface area contributed by atoms with E-state index in [-0.39, 0.29) is 0 Å². The first-order chi connectivity index (χ1) is 3.68. The molecule has 0 spiro atoms. The molecule has 0 aliphatic carbocycles. The molecular formula is C5H8BrO2. The Bertz CT molecular complexity index is 82.5. The molecule has 0 aromatic rings. The summed E-state index contributed by atoms with van der Waals surface area (Å²) in [6.07, 6.45) is 1.51. The Hall–Kier alpha value is -0.0500. The van der Waals surface area contributed by atoms with Crippen molar-refractivity contribution in [3.8, 4) is 0 Å². The predicted octanol–water partition coefficient (Wildman–Crippen LogP) is 1.51. The first kappa shape index (κ1) is 7.95. The van der Waals surface area contributed by atoms with Crippen molar-refractivity contribution >= 4 is 21.9 Å². The number of carbonyl (C=O) groups is 1. The van der Waals surface area contributed by atoms with E-state index in [2.05, 4.69) is 15.9 Å². The maximum atomic E-state index is 9.93. The lowest BCUT2D eigenvalue weighted by Crippen LogP contribution is -2.09. The molecule has 2 nitrogen and oxygen atoms in total. The molecule has 0 fully saturated rings. The van der Waals surface area contributed by atoms with Crippen LogP contribution in [0.3, 0.4) is 0 Å². The van der Waals surface area contributed by atoms with Gasteiger partial charge in [-0.2, -0.15) is 0 Å². The Morgan fingerprint density at radius 2 is 2.25 bits per heavy atom. The minimum atomic E-state index is -1.02. The maximum Gasteiger partial charge on any atom is 0.369 e. The molecular weight excluding hydrogens is 172 g/mol. The highest BCUT2D eigenvalue weighted by Gasteiger charge is 2.12. The number of hydrogen-bond acceptors (Lipinski definition) is 1. The summed E-state index contributed by atoms with van der Waals surface area (Å²) in [5, 5.41) is 9.93. The Kier molecular flexibility index (Phi) is 3.87. The van der Waals surface area contributed by atoms with E-state index >= 15 is 0 Å². The fraction of sp³-hybridized carbons (Fsp3) is 0.800. The Morgan fingerprint density at radius 1 is 1.75 bits per heavy atom. The van der Waals surface area contributed by atoms with Crippen LogP contribution in [0.25, 0.3) is 0 Å². The fourth-order valence-corrected chi connectivity index (χ4v) is 0.829. The van der Waals surface area contributed by atoms with Crippen LogP contribution in [0.2, 0.25) is 0 Å². The minimum Gasteiger partial charge on any atom is -0.246 e. The van der Waals surface area contributed by atoms with Gasteiger partial charge in [0.05, 0.1) is 0 Å². The summed E-state index contributed by atoms with van der Waals surface area (Å²) in [6.45, 7) is 1.93. The molecule has 0 N–H and O–H groups in total. The van der Waals surface area contributed by atoms with Gasteiger partial charge in [0.1, 0.15) is 4.83 Å². The van der Waals surface area contributed by atoms with Gasteiger partial charge in [-0.15, -0.1) is 0 Å². The maximum absolute atomic E-state index is 9.93. The van der Waals surface area contributed by atoms with Crippen molar-refractivity contribution < 1.29 is 9.90 Å². The van der Waals surface area contributed by atoms with Crippen LogP contribution in [0.1, 0.15) is 19.8 Å². The zero-order valence-corrected chi connectivity index (χ0v) is 6.27. The van der Waals surface area contributed by atoms with E-state index in [1.165, 1.54) is 0 Å². The first-order valence-corrected chi connectivity index (χ1v) is 3.45. The van der Waals surface area contributed by atoms with Gasteiger partial charge in [-0.1, -0.05) is 29.3 Å². The van der Waals surface area contributed by atoms with Gasteiger partial charge in [-0.05, 0) is 6.42 Å². The number of carbonyl (C=O) groups excluding carboxylic acids is 1. The molecule has 3 heteroatoms. The van der Waals surface area contributed by atoms with Crippen LogP contribution in [0, 0.1) is 0 Å². The standard InChI is InChI=1S/C5H8BrO2/c1-2-3-4(6)5(7)8/h4H,2-3H2,1H3. The number of hydrogen-bond donors (Lipinski definition) is 0. The van der Waals surface area contributed by atoms with Crippen LogP contribution < -0.4 is 0 Å². The van der Waals surface area contributed by atoms with Crippen molar-refractivity contribution in [3.63, 3.8) is 0 Å². The van der Waals surface area contributed by atoms with Crippen LogP contribution in [0.15, 0.2) is 0 Å². The third kappa shape index (κ3) is 3.02. The molecule has 0 aliphatic heterocycles. The normalized spacial score (nSPS) is 13.2. The van der Waals surface area contributed by atoms with Gasteiger partial charge in [0, 0.05) is 0 Å². The van der Waals surface area contributed by atoms with Crippen LogP contribution >= 0.6 is 15.9 Å².